The number of rotatable bonds is 3. The molecule has 1 N–H and O–H groups in total. The maximum absolute atomic E-state index is 10.5. The van der Waals surface area contributed by atoms with E-state index in [1.807, 2.05) is 0 Å². The van der Waals surface area contributed by atoms with Crippen LogP contribution in [0.15, 0.2) is 5.38 Å². The van der Waals surface area contributed by atoms with Crippen molar-refractivity contribution in [3.63, 3.8) is 0 Å². The van der Waals surface area contributed by atoms with Crippen LogP contribution < -0.4 is 4.90 Å². The Kier molecular flexibility index (Phi) is 3.11. The predicted molar refractivity (Wildman–Crippen MR) is 59.7 cm³/mol. The molecule has 0 saturated carbocycles. The number of anilines is 1. The second kappa shape index (κ2) is 4.37. The average molecular weight is 247 g/mol. The van der Waals surface area contributed by atoms with Crippen molar-refractivity contribution in [1.29, 1.82) is 0 Å². The summed E-state index contributed by atoms with van der Waals surface area (Å²) in [6.07, 6.45) is 1.17. The maximum atomic E-state index is 10.5. The first kappa shape index (κ1) is 10.7. The number of aromatic nitrogens is 1. The van der Waals surface area contributed by atoms with Crippen LogP contribution >= 0.6 is 22.9 Å². The van der Waals surface area contributed by atoms with E-state index in [0.29, 0.717) is 5.15 Å². The third-order valence-corrected chi connectivity index (χ3v) is 3.71. The first-order chi connectivity index (χ1) is 7.15. The molecule has 1 unspecified atom stereocenters. The van der Waals surface area contributed by atoms with E-state index in [1.54, 1.807) is 5.38 Å². The Morgan fingerprint density at radius 1 is 1.80 bits per heavy atom. The van der Waals surface area contributed by atoms with Crippen LogP contribution in [0.2, 0.25) is 5.15 Å². The van der Waals surface area contributed by atoms with Gasteiger partial charge >= 0.3 is 5.97 Å². The molecule has 0 radical (unpaired) electrons. The van der Waals surface area contributed by atoms with Gasteiger partial charge in [-0.15, -0.1) is 11.3 Å². The summed E-state index contributed by atoms with van der Waals surface area (Å²) in [4.78, 5) is 16.8. The number of nitrogens with zero attached hydrogens (tertiary/aromatic N) is 2. The van der Waals surface area contributed by atoms with Gasteiger partial charge in [-0.05, 0) is 12.3 Å². The third kappa shape index (κ3) is 2.60. The van der Waals surface area contributed by atoms with Crippen LogP contribution in [0.3, 0.4) is 0 Å². The summed E-state index contributed by atoms with van der Waals surface area (Å²) >= 11 is 7.24. The van der Waals surface area contributed by atoms with E-state index in [0.717, 1.165) is 24.6 Å². The molecular formula is C9H11ClN2O2S. The van der Waals surface area contributed by atoms with Gasteiger partial charge in [0.15, 0.2) is 5.13 Å². The number of carboxylic acid groups (broad SMARTS) is 1. The maximum Gasteiger partial charge on any atom is 0.303 e. The van der Waals surface area contributed by atoms with Gasteiger partial charge in [-0.2, -0.15) is 0 Å². The van der Waals surface area contributed by atoms with Crippen molar-refractivity contribution in [2.75, 3.05) is 18.0 Å². The van der Waals surface area contributed by atoms with E-state index in [1.165, 1.54) is 11.3 Å². The second-order valence-corrected chi connectivity index (χ2v) is 4.88. The summed E-state index contributed by atoms with van der Waals surface area (Å²) in [7, 11) is 0. The fourth-order valence-corrected chi connectivity index (χ4v) is 2.80. The van der Waals surface area contributed by atoms with Crippen LogP contribution in [-0.2, 0) is 4.79 Å². The molecule has 1 aromatic heterocycles. The topological polar surface area (TPSA) is 53.4 Å². The summed E-state index contributed by atoms with van der Waals surface area (Å²) in [5, 5.41) is 11.9. The summed E-state index contributed by atoms with van der Waals surface area (Å²) in [5.41, 5.74) is 0. The van der Waals surface area contributed by atoms with Crippen LogP contribution in [0.25, 0.3) is 0 Å². The smallest absolute Gasteiger partial charge is 0.303 e. The lowest BCUT2D eigenvalue weighted by atomic mass is 10.1. The fourth-order valence-electron chi connectivity index (χ4n) is 1.81. The average Bonchev–Trinajstić information content (AvgIpc) is 2.72. The number of hydrogen-bond donors (Lipinski definition) is 1. The summed E-state index contributed by atoms with van der Waals surface area (Å²) in [5.74, 6) is -0.482. The number of aliphatic carboxylic acids is 1. The fraction of sp³-hybridized carbons (Fsp3) is 0.556. The lowest BCUT2D eigenvalue weighted by molar-refractivity contribution is -0.137. The summed E-state index contributed by atoms with van der Waals surface area (Å²) in [6, 6.07) is 0. The minimum atomic E-state index is -0.723. The molecule has 1 atom stereocenters. The number of hydrogen-bond acceptors (Lipinski definition) is 4. The highest BCUT2D eigenvalue weighted by atomic mass is 35.5. The zero-order chi connectivity index (χ0) is 10.8. The van der Waals surface area contributed by atoms with Crippen molar-refractivity contribution >= 4 is 34.0 Å². The Morgan fingerprint density at radius 2 is 2.60 bits per heavy atom. The summed E-state index contributed by atoms with van der Waals surface area (Å²) in [6.45, 7) is 1.65. The van der Waals surface area contributed by atoms with Crippen molar-refractivity contribution < 1.29 is 9.90 Å². The molecule has 6 heteroatoms. The SMILES string of the molecule is O=C(O)CC1CCN(c2nc(Cl)cs2)C1. The molecule has 4 nitrogen and oxygen atoms in total. The minimum Gasteiger partial charge on any atom is -0.481 e. The predicted octanol–water partition coefficient (Wildman–Crippen LogP) is 2.10. The van der Waals surface area contributed by atoms with Crippen molar-refractivity contribution in [3.8, 4) is 0 Å². The standard InChI is InChI=1S/C9H11ClN2O2S/c10-7-5-15-9(11-7)12-2-1-6(4-12)3-8(13)14/h5-6H,1-4H2,(H,13,14). The van der Waals surface area contributed by atoms with Crippen LogP contribution in [0.5, 0.6) is 0 Å². The monoisotopic (exact) mass is 246 g/mol. The largest absolute Gasteiger partial charge is 0.481 e. The molecule has 1 saturated heterocycles. The van der Waals surface area contributed by atoms with Crippen molar-refractivity contribution in [1.82, 2.24) is 4.98 Å². The van der Waals surface area contributed by atoms with Gasteiger partial charge in [-0.25, -0.2) is 4.98 Å². The molecule has 1 aliphatic rings. The molecule has 82 valence electrons. The Balaban J connectivity index is 1.95. The van der Waals surface area contributed by atoms with Gasteiger partial charge < -0.3 is 10.0 Å². The van der Waals surface area contributed by atoms with Gasteiger partial charge in [0.05, 0.1) is 0 Å². The van der Waals surface area contributed by atoms with Gasteiger partial charge in [0.1, 0.15) is 5.15 Å². The highest BCUT2D eigenvalue weighted by molar-refractivity contribution is 7.14. The number of halogens is 1. The minimum absolute atomic E-state index is 0.241. The molecular weight excluding hydrogens is 236 g/mol. The van der Waals surface area contributed by atoms with Crippen molar-refractivity contribution in [2.24, 2.45) is 5.92 Å². The molecule has 15 heavy (non-hydrogen) atoms. The number of carbonyl (C=O) groups is 1. The Hall–Kier alpha value is -0.810. The molecule has 1 aromatic rings. The quantitative estimate of drug-likeness (QED) is 0.888. The van der Waals surface area contributed by atoms with E-state index < -0.39 is 5.97 Å². The molecule has 1 aliphatic heterocycles. The molecule has 2 heterocycles. The molecule has 0 amide bonds. The zero-order valence-corrected chi connectivity index (χ0v) is 9.59. The van der Waals surface area contributed by atoms with E-state index >= 15 is 0 Å². The van der Waals surface area contributed by atoms with E-state index in [4.69, 9.17) is 16.7 Å². The number of thiazole rings is 1. The summed E-state index contributed by atoms with van der Waals surface area (Å²) < 4.78 is 0. The van der Waals surface area contributed by atoms with Crippen LogP contribution in [0.4, 0.5) is 5.13 Å². The second-order valence-electron chi connectivity index (χ2n) is 3.65. The van der Waals surface area contributed by atoms with Gasteiger partial charge in [0, 0.05) is 24.9 Å². The molecule has 0 spiro atoms. The highest BCUT2D eigenvalue weighted by Gasteiger charge is 2.26. The van der Waals surface area contributed by atoms with E-state index in [-0.39, 0.29) is 12.3 Å². The highest BCUT2D eigenvalue weighted by Crippen LogP contribution is 2.29. The zero-order valence-electron chi connectivity index (χ0n) is 8.02. The first-order valence-corrected chi connectivity index (χ1v) is 5.98. The first-order valence-electron chi connectivity index (χ1n) is 4.73. The Morgan fingerprint density at radius 3 is 3.20 bits per heavy atom. The van der Waals surface area contributed by atoms with Gasteiger partial charge in [0.25, 0.3) is 0 Å². The molecule has 2 rings (SSSR count). The Bertz CT molecular complexity index is 369. The third-order valence-electron chi connectivity index (χ3n) is 2.48. The Labute approximate surface area is 96.5 Å². The van der Waals surface area contributed by atoms with Gasteiger partial charge in [0.2, 0.25) is 0 Å². The van der Waals surface area contributed by atoms with Gasteiger partial charge in [-0.3, -0.25) is 4.79 Å². The molecule has 0 aliphatic carbocycles. The van der Waals surface area contributed by atoms with Crippen LogP contribution in [0, 0.1) is 5.92 Å². The van der Waals surface area contributed by atoms with Crippen LogP contribution in [0.1, 0.15) is 12.8 Å². The molecule has 0 aromatic carbocycles. The molecule has 0 bridgehead atoms. The lowest BCUT2D eigenvalue weighted by Gasteiger charge is -2.13. The molecule has 1 fully saturated rings. The van der Waals surface area contributed by atoms with Crippen molar-refractivity contribution in [3.05, 3.63) is 10.5 Å². The van der Waals surface area contributed by atoms with E-state index in [2.05, 4.69) is 9.88 Å². The van der Waals surface area contributed by atoms with Crippen LogP contribution in [-0.4, -0.2) is 29.1 Å². The number of carboxylic acids is 1. The van der Waals surface area contributed by atoms with Crippen molar-refractivity contribution in [2.45, 2.75) is 12.8 Å². The van der Waals surface area contributed by atoms with Gasteiger partial charge in [-0.1, -0.05) is 11.6 Å². The lowest BCUT2D eigenvalue weighted by Crippen LogP contribution is -2.20. The normalized spacial score (nSPS) is 20.9. The van der Waals surface area contributed by atoms with E-state index in [9.17, 15) is 4.79 Å².